The molecule has 0 atom stereocenters. The molecule has 2 aromatic carbocycles. The quantitative estimate of drug-likeness (QED) is 0.185. The van der Waals surface area contributed by atoms with Crippen LogP contribution in [-0.2, 0) is 6.54 Å². The van der Waals surface area contributed by atoms with Gasteiger partial charge in [-0.1, -0.05) is 42.5 Å². The van der Waals surface area contributed by atoms with Gasteiger partial charge in [0.1, 0.15) is 28.5 Å². The molecule has 5 aromatic rings. The van der Waals surface area contributed by atoms with Gasteiger partial charge in [0.05, 0.1) is 6.20 Å². The van der Waals surface area contributed by atoms with E-state index in [2.05, 4.69) is 49.8 Å². The molecule has 2 fully saturated rings. The number of pyridine rings is 2. The number of aryl methyl sites for hydroxylation is 1. The average molecular weight is 647 g/mol. The molecule has 0 bridgehead atoms. The summed E-state index contributed by atoms with van der Waals surface area (Å²) in [7, 11) is 0. The topological polar surface area (TPSA) is 101 Å². The molecule has 4 heterocycles. The number of imidazole rings is 1. The van der Waals surface area contributed by atoms with E-state index in [1.54, 1.807) is 12.3 Å². The van der Waals surface area contributed by atoms with Crippen LogP contribution < -0.4 is 15.4 Å². The fourth-order valence-corrected chi connectivity index (χ4v) is 6.69. The first kappa shape index (κ1) is 31.5. The zero-order valence-electron chi connectivity index (χ0n) is 27.0. The van der Waals surface area contributed by atoms with Gasteiger partial charge in [0.15, 0.2) is 0 Å². The highest BCUT2D eigenvalue weighted by Crippen LogP contribution is 2.30. The molecule has 246 valence electrons. The lowest BCUT2D eigenvalue weighted by Gasteiger charge is -2.29. The van der Waals surface area contributed by atoms with Crippen LogP contribution >= 0.6 is 0 Å². The van der Waals surface area contributed by atoms with Gasteiger partial charge in [0.2, 0.25) is 5.88 Å². The first-order valence-corrected chi connectivity index (χ1v) is 16.7. The molecule has 1 aliphatic heterocycles. The summed E-state index contributed by atoms with van der Waals surface area (Å²) in [6, 6.07) is 22.9. The van der Waals surface area contributed by atoms with Crippen LogP contribution in [0.1, 0.15) is 70.6 Å². The van der Waals surface area contributed by atoms with Crippen molar-refractivity contribution < 1.29 is 18.7 Å². The molecule has 9 nitrogen and oxygen atoms in total. The van der Waals surface area contributed by atoms with E-state index in [0.29, 0.717) is 37.1 Å². The van der Waals surface area contributed by atoms with E-state index in [1.807, 2.05) is 47.7 Å². The highest BCUT2D eigenvalue weighted by atomic mass is 19.1. The minimum atomic E-state index is -0.621. The first-order valence-electron chi connectivity index (χ1n) is 16.7. The summed E-state index contributed by atoms with van der Waals surface area (Å²) >= 11 is 0. The Morgan fingerprint density at radius 3 is 2.31 bits per heavy atom. The average Bonchev–Trinajstić information content (AvgIpc) is 3.78. The van der Waals surface area contributed by atoms with Gasteiger partial charge in [-0.3, -0.25) is 14.5 Å². The summed E-state index contributed by atoms with van der Waals surface area (Å²) in [5, 5.41) is 6.12. The van der Waals surface area contributed by atoms with E-state index in [9.17, 15) is 14.0 Å². The van der Waals surface area contributed by atoms with Crippen molar-refractivity contribution >= 4 is 17.5 Å². The van der Waals surface area contributed by atoms with Crippen molar-refractivity contribution in [3.8, 4) is 22.8 Å². The van der Waals surface area contributed by atoms with Crippen LogP contribution in [0.25, 0.3) is 16.8 Å². The second-order valence-corrected chi connectivity index (χ2v) is 12.8. The van der Waals surface area contributed by atoms with E-state index in [4.69, 9.17) is 4.74 Å². The third-order valence-corrected chi connectivity index (χ3v) is 9.33. The summed E-state index contributed by atoms with van der Waals surface area (Å²) in [5.74, 6) is -0.746. The van der Waals surface area contributed by atoms with Crippen molar-refractivity contribution in [2.24, 2.45) is 0 Å². The SMILES string of the molecule is Cc1cccc2nc(C(=O)N[C@H]3CC[C@@H](NC(=O)c4cc(F)cnc4Oc4cccc(-c5ccc(CN6CCCC6)cc5)c4)CC3)cn12. The molecule has 2 aliphatic rings. The lowest BCUT2D eigenvalue weighted by Crippen LogP contribution is -2.44. The summed E-state index contributed by atoms with van der Waals surface area (Å²) in [6.45, 7) is 5.25. The molecule has 3 aromatic heterocycles. The second-order valence-electron chi connectivity index (χ2n) is 12.8. The van der Waals surface area contributed by atoms with Gasteiger partial charge >= 0.3 is 0 Å². The van der Waals surface area contributed by atoms with Crippen LogP contribution in [0.3, 0.4) is 0 Å². The Morgan fingerprint density at radius 1 is 0.875 bits per heavy atom. The number of rotatable bonds is 9. The Labute approximate surface area is 279 Å². The van der Waals surface area contributed by atoms with Gasteiger partial charge in [-0.2, -0.15) is 0 Å². The normalized spacial score (nSPS) is 18.1. The number of carbonyl (C=O) groups excluding carboxylic acids is 2. The Balaban J connectivity index is 0.958. The molecule has 48 heavy (non-hydrogen) atoms. The maximum absolute atomic E-state index is 14.3. The predicted molar refractivity (Wildman–Crippen MR) is 182 cm³/mol. The van der Waals surface area contributed by atoms with E-state index < -0.39 is 11.7 Å². The number of likely N-dealkylation sites (tertiary alicyclic amines) is 1. The molecule has 2 amide bonds. The molecule has 0 unspecified atom stereocenters. The van der Waals surface area contributed by atoms with Gasteiger partial charge < -0.3 is 19.8 Å². The van der Waals surface area contributed by atoms with E-state index in [1.165, 1.54) is 18.4 Å². The number of nitrogens with zero attached hydrogens (tertiary/aromatic N) is 4. The number of ether oxygens (including phenoxy) is 1. The maximum atomic E-state index is 14.3. The number of nitrogens with one attached hydrogen (secondary N) is 2. The van der Waals surface area contributed by atoms with Crippen molar-refractivity contribution in [3.63, 3.8) is 0 Å². The predicted octanol–water partition coefficient (Wildman–Crippen LogP) is 6.70. The van der Waals surface area contributed by atoms with Crippen molar-refractivity contribution in [1.82, 2.24) is 29.9 Å². The molecule has 1 saturated carbocycles. The fraction of sp³-hybridized carbons (Fsp3) is 0.316. The summed E-state index contributed by atoms with van der Waals surface area (Å²) < 4.78 is 22.3. The van der Waals surface area contributed by atoms with E-state index in [-0.39, 0.29) is 29.4 Å². The van der Waals surface area contributed by atoms with Crippen LogP contribution in [-0.4, -0.2) is 56.3 Å². The van der Waals surface area contributed by atoms with Gasteiger partial charge in [-0.15, -0.1) is 0 Å². The number of hydrogen-bond acceptors (Lipinski definition) is 6. The van der Waals surface area contributed by atoms with Crippen LogP contribution in [0.5, 0.6) is 11.6 Å². The van der Waals surface area contributed by atoms with Crippen molar-refractivity contribution in [3.05, 3.63) is 114 Å². The number of carbonyl (C=O) groups is 2. The smallest absolute Gasteiger partial charge is 0.271 e. The van der Waals surface area contributed by atoms with Gasteiger partial charge in [-0.05, 0) is 106 Å². The third-order valence-electron chi connectivity index (χ3n) is 9.33. The number of benzene rings is 2. The third kappa shape index (κ3) is 7.23. The van der Waals surface area contributed by atoms with Crippen LogP contribution in [0.2, 0.25) is 0 Å². The zero-order chi connectivity index (χ0) is 33.0. The number of fused-ring (bicyclic) bond motifs is 1. The summed E-state index contributed by atoms with van der Waals surface area (Å²) in [6.07, 6.45) is 8.06. The lowest BCUT2D eigenvalue weighted by molar-refractivity contribution is 0.0888. The van der Waals surface area contributed by atoms with Crippen molar-refractivity contribution in [2.75, 3.05) is 13.1 Å². The summed E-state index contributed by atoms with van der Waals surface area (Å²) in [4.78, 5) is 37.4. The molecule has 10 heteroatoms. The molecule has 1 saturated heterocycles. The molecule has 7 rings (SSSR count). The van der Waals surface area contributed by atoms with Crippen molar-refractivity contribution in [1.29, 1.82) is 0 Å². The number of amides is 2. The molecule has 0 radical (unpaired) electrons. The van der Waals surface area contributed by atoms with Gasteiger partial charge in [0, 0.05) is 30.5 Å². The van der Waals surface area contributed by atoms with Gasteiger partial charge in [-0.25, -0.2) is 14.4 Å². The molecule has 2 N–H and O–H groups in total. The first-order chi connectivity index (χ1) is 23.4. The van der Waals surface area contributed by atoms with E-state index >= 15 is 0 Å². The standard InChI is InChI=1S/C38H39FN6O3/c1-25-6-4-9-35-43-34(24-45(25)35)37(47)42-31-16-14-30(15-17-31)41-36(46)33-21-29(39)22-40-38(33)48-32-8-5-7-28(20-32)27-12-10-26(11-13-27)23-44-18-2-3-19-44/h4-13,20-22,24,30-31H,2-3,14-19,23H2,1H3,(H,41,46)(H,42,47)/t30-,31+. The van der Waals surface area contributed by atoms with Crippen LogP contribution in [0.15, 0.2) is 85.2 Å². The summed E-state index contributed by atoms with van der Waals surface area (Å²) in [5.41, 5.74) is 5.44. The highest BCUT2D eigenvalue weighted by Gasteiger charge is 2.26. The second kappa shape index (κ2) is 13.9. The largest absolute Gasteiger partial charge is 0.438 e. The van der Waals surface area contributed by atoms with Crippen LogP contribution in [0, 0.1) is 12.7 Å². The Hall–Kier alpha value is -5.09. The number of hydrogen-bond donors (Lipinski definition) is 2. The highest BCUT2D eigenvalue weighted by molar-refractivity contribution is 5.96. The molecular formula is C38H39FN6O3. The Bertz CT molecular complexity index is 1930. The molecule has 1 aliphatic carbocycles. The van der Waals surface area contributed by atoms with E-state index in [0.717, 1.165) is 54.4 Å². The number of halogens is 1. The van der Waals surface area contributed by atoms with Crippen molar-refractivity contribution in [2.45, 2.75) is 64.1 Å². The minimum Gasteiger partial charge on any atom is -0.438 e. The molecular weight excluding hydrogens is 607 g/mol. The fourth-order valence-electron chi connectivity index (χ4n) is 6.69. The number of aromatic nitrogens is 3. The Kier molecular flexibility index (Phi) is 9.16. The zero-order valence-corrected chi connectivity index (χ0v) is 27.0. The monoisotopic (exact) mass is 646 g/mol. The maximum Gasteiger partial charge on any atom is 0.271 e. The minimum absolute atomic E-state index is 0.0279. The molecule has 0 spiro atoms. The van der Waals surface area contributed by atoms with Gasteiger partial charge in [0.25, 0.3) is 11.8 Å². The van der Waals surface area contributed by atoms with Crippen LogP contribution in [0.4, 0.5) is 4.39 Å². The lowest BCUT2D eigenvalue weighted by atomic mass is 9.91. The Morgan fingerprint density at radius 2 is 1.58 bits per heavy atom.